The van der Waals surface area contributed by atoms with Crippen molar-refractivity contribution in [2.45, 2.75) is 53.6 Å². The van der Waals surface area contributed by atoms with Crippen molar-refractivity contribution in [1.29, 1.82) is 0 Å². The van der Waals surface area contributed by atoms with Crippen molar-refractivity contribution in [3.63, 3.8) is 0 Å². The Hall–Kier alpha value is -1.84. The first-order chi connectivity index (χ1) is 9.94. The van der Waals surface area contributed by atoms with Crippen molar-refractivity contribution < 1.29 is 19.4 Å². The Kier molecular flexibility index (Phi) is 5.39. The minimum atomic E-state index is -1.01. The molecule has 22 heavy (non-hydrogen) atoms. The van der Waals surface area contributed by atoms with E-state index in [1.165, 1.54) is 24.3 Å². The topological polar surface area (TPSA) is 63.6 Å². The second-order valence-electron chi connectivity index (χ2n) is 7.35. The largest absolute Gasteiger partial charge is 0.478 e. The van der Waals surface area contributed by atoms with Crippen LogP contribution in [0.1, 0.15) is 68.7 Å². The van der Waals surface area contributed by atoms with Gasteiger partial charge in [-0.2, -0.15) is 0 Å². The molecule has 0 amide bonds. The number of benzene rings is 1. The van der Waals surface area contributed by atoms with Crippen LogP contribution < -0.4 is 0 Å². The highest BCUT2D eigenvalue weighted by Gasteiger charge is 2.34. The molecule has 0 saturated heterocycles. The molecular formula is C18H26O4. The number of carboxylic acids is 1. The van der Waals surface area contributed by atoms with E-state index in [1.54, 1.807) is 0 Å². The van der Waals surface area contributed by atoms with Crippen LogP contribution in [0.4, 0.5) is 0 Å². The third kappa shape index (κ3) is 4.86. The summed E-state index contributed by atoms with van der Waals surface area (Å²) in [6.07, 6.45) is 0.747. The van der Waals surface area contributed by atoms with E-state index < -0.39 is 17.5 Å². The first-order valence-electron chi connectivity index (χ1n) is 7.51. The van der Waals surface area contributed by atoms with Crippen molar-refractivity contribution in [3.05, 3.63) is 35.4 Å². The van der Waals surface area contributed by atoms with E-state index in [0.29, 0.717) is 11.5 Å². The molecule has 0 aromatic heterocycles. The van der Waals surface area contributed by atoms with Gasteiger partial charge in [-0.3, -0.25) is 0 Å². The van der Waals surface area contributed by atoms with Crippen LogP contribution in [0.2, 0.25) is 0 Å². The van der Waals surface area contributed by atoms with Crippen LogP contribution in [0.5, 0.6) is 0 Å². The first-order valence-corrected chi connectivity index (χ1v) is 7.51. The zero-order valence-electron chi connectivity index (χ0n) is 14.3. The zero-order valence-corrected chi connectivity index (χ0v) is 14.3. The lowest BCUT2D eigenvalue weighted by atomic mass is 9.73. The van der Waals surface area contributed by atoms with Gasteiger partial charge in [0, 0.05) is 0 Å². The SMILES string of the molecule is CC(C)C(C)(C)CC(C)(C)OC(=O)c1ccc(C(=O)O)cc1. The molecule has 1 N–H and O–H groups in total. The van der Waals surface area contributed by atoms with Gasteiger partial charge in [-0.25, -0.2) is 9.59 Å². The first kappa shape index (κ1) is 18.2. The molecule has 4 heteroatoms. The average Bonchev–Trinajstić information content (AvgIpc) is 2.36. The van der Waals surface area contributed by atoms with E-state index in [4.69, 9.17) is 9.84 Å². The molecule has 0 heterocycles. The third-order valence-electron chi connectivity index (χ3n) is 4.18. The fourth-order valence-corrected chi connectivity index (χ4v) is 2.40. The molecular weight excluding hydrogens is 280 g/mol. The van der Waals surface area contributed by atoms with E-state index >= 15 is 0 Å². The van der Waals surface area contributed by atoms with Gasteiger partial charge >= 0.3 is 11.9 Å². The molecule has 4 nitrogen and oxygen atoms in total. The number of hydrogen-bond donors (Lipinski definition) is 1. The summed E-state index contributed by atoms with van der Waals surface area (Å²) in [7, 11) is 0. The van der Waals surface area contributed by atoms with Gasteiger partial charge in [0.25, 0.3) is 0 Å². The quantitative estimate of drug-likeness (QED) is 0.792. The predicted octanol–water partition coefficient (Wildman–Crippen LogP) is 4.39. The number of carbonyl (C=O) groups excluding carboxylic acids is 1. The van der Waals surface area contributed by atoms with Crippen molar-refractivity contribution in [1.82, 2.24) is 0 Å². The highest BCUT2D eigenvalue weighted by atomic mass is 16.6. The number of esters is 1. The number of carboxylic acid groups (broad SMARTS) is 1. The maximum atomic E-state index is 12.2. The lowest BCUT2D eigenvalue weighted by Gasteiger charge is -2.37. The summed E-state index contributed by atoms with van der Waals surface area (Å²) in [6, 6.07) is 5.78. The highest BCUT2D eigenvalue weighted by Crippen LogP contribution is 2.36. The number of carbonyl (C=O) groups is 2. The Labute approximate surface area is 132 Å². The second kappa shape index (κ2) is 6.51. The molecule has 0 saturated carbocycles. The summed E-state index contributed by atoms with van der Waals surface area (Å²) in [4.78, 5) is 23.0. The molecule has 0 bridgehead atoms. The minimum Gasteiger partial charge on any atom is -0.478 e. The molecule has 122 valence electrons. The summed E-state index contributed by atoms with van der Waals surface area (Å²) in [6.45, 7) is 12.4. The predicted molar refractivity (Wildman–Crippen MR) is 86.1 cm³/mol. The maximum Gasteiger partial charge on any atom is 0.338 e. The molecule has 0 fully saturated rings. The summed E-state index contributed by atoms with van der Waals surface area (Å²) < 4.78 is 5.62. The van der Waals surface area contributed by atoms with Crippen LogP contribution in [-0.4, -0.2) is 22.6 Å². The van der Waals surface area contributed by atoms with Crippen molar-refractivity contribution in [2.24, 2.45) is 11.3 Å². The van der Waals surface area contributed by atoms with Crippen molar-refractivity contribution in [2.75, 3.05) is 0 Å². The molecule has 1 rings (SSSR count). The van der Waals surface area contributed by atoms with Crippen LogP contribution in [0.3, 0.4) is 0 Å². The smallest absolute Gasteiger partial charge is 0.338 e. The molecule has 0 aliphatic rings. The molecule has 0 spiro atoms. The van der Waals surface area contributed by atoms with Crippen LogP contribution in [0, 0.1) is 11.3 Å². The second-order valence-corrected chi connectivity index (χ2v) is 7.35. The van der Waals surface area contributed by atoms with Gasteiger partial charge in [-0.15, -0.1) is 0 Å². The zero-order chi connectivity index (χ0) is 17.1. The Bertz CT molecular complexity index is 539. The van der Waals surface area contributed by atoms with Gasteiger partial charge in [0.15, 0.2) is 0 Å². The summed E-state index contributed by atoms with van der Waals surface area (Å²) in [5, 5.41) is 8.86. The van der Waals surface area contributed by atoms with Crippen molar-refractivity contribution >= 4 is 11.9 Å². The highest BCUT2D eigenvalue weighted by molar-refractivity contribution is 5.92. The van der Waals surface area contributed by atoms with Gasteiger partial charge in [0.1, 0.15) is 5.60 Å². The van der Waals surface area contributed by atoms with Crippen LogP contribution in [0.15, 0.2) is 24.3 Å². The Morgan fingerprint density at radius 1 is 1.05 bits per heavy atom. The molecule has 1 aromatic carbocycles. The summed E-state index contributed by atoms with van der Waals surface area (Å²) in [5.41, 5.74) is -0.0232. The molecule has 1 aromatic rings. The fraction of sp³-hybridized carbons (Fsp3) is 0.556. The van der Waals surface area contributed by atoms with Crippen LogP contribution >= 0.6 is 0 Å². The minimum absolute atomic E-state index is 0.0525. The molecule has 0 atom stereocenters. The van der Waals surface area contributed by atoms with Gasteiger partial charge in [0.05, 0.1) is 11.1 Å². The Balaban J connectivity index is 2.80. The molecule has 0 aliphatic heterocycles. The van der Waals surface area contributed by atoms with Gasteiger partial charge in [0.2, 0.25) is 0 Å². The number of aromatic carboxylic acids is 1. The van der Waals surface area contributed by atoms with Gasteiger partial charge in [-0.05, 0) is 55.9 Å². The lowest BCUT2D eigenvalue weighted by Crippen LogP contribution is -2.36. The van der Waals surface area contributed by atoms with Crippen LogP contribution in [-0.2, 0) is 4.74 Å². The number of rotatable bonds is 6. The standard InChI is InChI=1S/C18H26O4/c1-12(2)17(3,4)11-18(5,6)22-16(21)14-9-7-13(8-10-14)15(19)20/h7-10,12H,11H2,1-6H3,(H,19,20). The summed E-state index contributed by atoms with van der Waals surface area (Å²) >= 11 is 0. The molecule has 0 radical (unpaired) electrons. The van der Waals surface area contributed by atoms with Gasteiger partial charge in [-0.1, -0.05) is 27.7 Å². The monoisotopic (exact) mass is 306 g/mol. The van der Waals surface area contributed by atoms with E-state index in [2.05, 4.69) is 27.7 Å². The normalized spacial score (nSPS) is 12.3. The fourth-order valence-electron chi connectivity index (χ4n) is 2.40. The van der Waals surface area contributed by atoms with Crippen molar-refractivity contribution in [3.8, 4) is 0 Å². The average molecular weight is 306 g/mol. The number of hydrogen-bond acceptors (Lipinski definition) is 3. The lowest BCUT2D eigenvalue weighted by molar-refractivity contribution is -0.0264. The number of ether oxygens (including phenoxy) is 1. The maximum absolute atomic E-state index is 12.2. The van der Waals surface area contributed by atoms with Gasteiger partial charge < -0.3 is 9.84 Å². The Morgan fingerprint density at radius 2 is 1.50 bits per heavy atom. The Morgan fingerprint density at radius 3 is 1.91 bits per heavy atom. The van der Waals surface area contributed by atoms with E-state index in [-0.39, 0.29) is 11.0 Å². The van der Waals surface area contributed by atoms with E-state index in [9.17, 15) is 9.59 Å². The van der Waals surface area contributed by atoms with E-state index in [0.717, 1.165) is 6.42 Å². The molecule has 0 aliphatic carbocycles. The summed E-state index contributed by atoms with van der Waals surface area (Å²) in [5.74, 6) is -0.972. The third-order valence-corrected chi connectivity index (χ3v) is 4.18. The van der Waals surface area contributed by atoms with E-state index in [1.807, 2.05) is 13.8 Å². The van der Waals surface area contributed by atoms with Crippen LogP contribution in [0.25, 0.3) is 0 Å². The molecule has 0 unspecified atom stereocenters.